The van der Waals surface area contributed by atoms with Crippen molar-refractivity contribution < 1.29 is 9.32 Å². The minimum atomic E-state index is 0.00528. The van der Waals surface area contributed by atoms with Crippen molar-refractivity contribution in [3.05, 3.63) is 37.8 Å². The van der Waals surface area contributed by atoms with Crippen molar-refractivity contribution in [1.29, 1.82) is 0 Å². The highest BCUT2D eigenvalue weighted by molar-refractivity contribution is 9.11. The predicted molar refractivity (Wildman–Crippen MR) is 73.8 cm³/mol. The molecule has 0 N–H and O–H groups in total. The molecule has 1 amide bonds. The molecule has 0 unspecified atom stereocenters. The van der Waals surface area contributed by atoms with Crippen molar-refractivity contribution in [2.75, 3.05) is 7.05 Å². The number of carbonyl (C=O) groups excluding carboxylic acids is 1. The lowest BCUT2D eigenvalue weighted by molar-refractivity contribution is 0.0789. The van der Waals surface area contributed by atoms with Gasteiger partial charge in [0.1, 0.15) is 5.76 Å². The summed E-state index contributed by atoms with van der Waals surface area (Å²) in [4.78, 5) is 14.6. The highest BCUT2D eigenvalue weighted by atomic mass is 79.9. The Balaban J connectivity index is 2.13. The van der Waals surface area contributed by atoms with Gasteiger partial charge in [0.2, 0.25) is 0 Å². The lowest BCUT2D eigenvalue weighted by atomic mass is 10.2. The molecular formula is C12H13BrN2O2S. The maximum absolute atomic E-state index is 12.2. The van der Waals surface area contributed by atoms with Crippen molar-refractivity contribution in [3.63, 3.8) is 0 Å². The van der Waals surface area contributed by atoms with Crippen molar-refractivity contribution in [2.24, 2.45) is 0 Å². The molecule has 4 nitrogen and oxygen atoms in total. The van der Waals surface area contributed by atoms with E-state index in [1.54, 1.807) is 11.9 Å². The van der Waals surface area contributed by atoms with Crippen LogP contribution in [-0.2, 0) is 6.54 Å². The molecule has 0 atom stereocenters. The van der Waals surface area contributed by atoms with Gasteiger partial charge in [-0.05, 0) is 41.9 Å². The number of halogens is 1. The number of hydrogen-bond donors (Lipinski definition) is 0. The Kier molecular flexibility index (Phi) is 3.87. The summed E-state index contributed by atoms with van der Waals surface area (Å²) in [5.41, 5.74) is 1.81. The first-order chi connectivity index (χ1) is 8.49. The van der Waals surface area contributed by atoms with E-state index in [9.17, 15) is 4.79 Å². The number of aromatic nitrogens is 1. The molecule has 0 bridgehead atoms. The Morgan fingerprint density at radius 2 is 2.22 bits per heavy atom. The van der Waals surface area contributed by atoms with Crippen LogP contribution in [-0.4, -0.2) is 23.0 Å². The largest absolute Gasteiger partial charge is 0.361 e. The number of rotatable bonds is 3. The van der Waals surface area contributed by atoms with Crippen LogP contribution < -0.4 is 0 Å². The van der Waals surface area contributed by atoms with Crippen LogP contribution in [0.4, 0.5) is 0 Å². The van der Waals surface area contributed by atoms with E-state index in [1.807, 2.05) is 26.0 Å². The molecule has 18 heavy (non-hydrogen) atoms. The number of carbonyl (C=O) groups is 1. The Hall–Kier alpha value is -1.14. The Bertz CT molecular complexity index is 557. The standard InChI is InChI=1S/C12H13BrN2O2S/c1-7-9(8(2)17-14-7)6-15(3)12(16)10-4-5-11(13)18-10/h4-5H,6H2,1-3H3. The first-order valence-electron chi connectivity index (χ1n) is 5.41. The van der Waals surface area contributed by atoms with Crippen LogP contribution in [0.1, 0.15) is 26.7 Å². The third-order valence-corrected chi connectivity index (χ3v) is 4.32. The summed E-state index contributed by atoms with van der Waals surface area (Å²) in [6.07, 6.45) is 0. The molecule has 0 aliphatic heterocycles. The molecule has 0 aliphatic carbocycles. The molecule has 2 aromatic heterocycles. The van der Waals surface area contributed by atoms with Gasteiger partial charge in [-0.25, -0.2) is 0 Å². The monoisotopic (exact) mass is 328 g/mol. The molecule has 0 aliphatic rings. The van der Waals surface area contributed by atoms with Gasteiger partial charge >= 0.3 is 0 Å². The second-order valence-corrected chi connectivity index (χ2v) is 6.53. The van der Waals surface area contributed by atoms with E-state index in [0.717, 1.165) is 25.7 Å². The minimum Gasteiger partial charge on any atom is -0.361 e. The highest BCUT2D eigenvalue weighted by Crippen LogP contribution is 2.24. The van der Waals surface area contributed by atoms with Crippen LogP contribution in [0.15, 0.2) is 20.4 Å². The van der Waals surface area contributed by atoms with Gasteiger partial charge in [-0.3, -0.25) is 4.79 Å². The molecule has 6 heteroatoms. The molecule has 0 spiro atoms. The molecule has 0 saturated carbocycles. The van der Waals surface area contributed by atoms with Crippen LogP contribution in [0, 0.1) is 13.8 Å². The molecule has 2 rings (SSSR count). The number of hydrogen-bond acceptors (Lipinski definition) is 4. The second-order valence-electron chi connectivity index (χ2n) is 4.07. The summed E-state index contributed by atoms with van der Waals surface area (Å²) in [6.45, 7) is 4.25. The molecule has 2 heterocycles. The van der Waals surface area contributed by atoms with E-state index >= 15 is 0 Å². The SMILES string of the molecule is Cc1noc(C)c1CN(C)C(=O)c1ccc(Br)s1. The molecule has 0 radical (unpaired) electrons. The molecule has 2 aromatic rings. The van der Waals surface area contributed by atoms with Crippen molar-refractivity contribution in [1.82, 2.24) is 10.1 Å². The summed E-state index contributed by atoms with van der Waals surface area (Å²) < 4.78 is 6.05. The topological polar surface area (TPSA) is 46.3 Å². The predicted octanol–water partition coefficient (Wildman–Crippen LogP) is 3.39. The molecule has 0 saturated heterocycles. The van der Waals surface area contributed by atoms with Gasteiger partial charge in [0.25, 0.3) is 5.91 Å². The lowest BCUT2D eigenvalue weighted by Gasteiger charge is -2.15. The Labute approximate surface area is 118 Å². The molecule has 0 fully saturated rings. The van der Waals surface area contributed by atoms with Crippen LogP contribution in [0.25, 0.3) is 0 Å². The Morgan fingerprint density at radius 1 is 1.50 bits per heavy atom. The summed E-state index contributed by atoms with van der Waals surface area (Å²) in [7, 11) is 1.78. The minimum absolute atomic E-state index is 0.00528. The summed E-state index contributed by atoms with van der Waals surface area (Å²) in [5.74, 6) is 0.769. The van der Waals surface area contributed by atoms with Crippen LogP contribution in [0.2, 0.25) is 0 Å². The van der Waals surface area contributed by atoms with Crippen LogP contribution >= 0.6 is 27.3 Å². The normalized spacial score (nSPS) is 10.7. The fraction of sp³-hybridized carbons (Fsp3) is 0.333. The van der Waals surface area contributed by atoms with E-state index in [0.29, 0.717) is 6.54 Å². The van der Waals surface area contributed by atoms with Gasteiger partial charge in [0, 0.05) is 12.6 Å². The van der Waals surface area contributed by atoms with Crippen LogP contribution in [0.3, 0.4) is 0 Å². The fourth-order valence-electron chi connectivity index (χ4n) is 1.65. The van der Waals surface area contributed by atoms with E-state index in [4.69, 9.17) is 4.52 Å². The van der Waals surface area contributed by atoms with E-state index in [-0.39, 0.29) is 5.91 Å². The van der Waals surface area contributed by atoms with E-state index in [1.165, 1.54) is 11.3 Å². The van der Waals surface area contributed by atoms with Crippen molar-refractivity contribution >= 4 is 33.2 Å². The summed E-state index contributed by atoms with van der Waals surface area (Å²) in [5, 5.41) is 3.89. The Morgan fingerprint density at radius 3 is 2.72 bits per heavy atom. The van der Waals surface area contributed by atoms with Gasteiger partial charge in [-0.1, -0.05) is 5.16 Å². The summed E-state index contributed by atoms with van der Waals surface area (Å²) in [6, 6.07) is 3.70. The average molecular weight is 329 g/mol. The zero-order valence-corrected chi connectivity index (χ0v) is 12.8. The molecule has 96 valence electrons. The lowest BCUT2D eigenvalue weighted by Crippen LogP contribution is -2.25. The van der Waals surface area contributed by atoms with Gasteiger partial charge in [0.15, 0.2) is 0 Å². The summed E-state index contributed by atoms with van der Waals surface area (Å²) >= 11 is 4.79. The zero-order chi connectivity index (χ0) is 13.3. The number of nitrogens with zero attached hydrogens (tertiary/aromatic N) is 2. The van der Waals surface area contributed by atoms with Crippen LogP contribution in [0.5, 0.6) is 0 Å². The third kappa shape index (κ3) is 2.64. The average Bonchev–Trinajstić information content (AvgIpc) is 2.89. The number of aryl methyl sites for hydroxylation is 2. The van der Waals surface area contributed by atoms with Gasteiger partial charge in [0.05, 0.1) is 20.9 Å². The fourth-order valence-corrected chi connectivity index (χ4v) is 3.03. The first kappa shape index (κ1) is 13.3. The van der Waals surface area contributed by atoms with Crippen molar-refractivity contribution in [2.45, 2.75) is 20.4 Å². The van der Waals surface area contributed by atoms with Gasteiger partial charge in [-0.15, -0.1) is 11.3 Å². The molecular weight excluding hydrogens is 316 g/mol. The number of amides is 1. The second kappa shape index (κ2) is 5.24. The smallest absolute Gasteiger partial charge is 0.264 e. The first-order valence-corrected chi connectivity index (χ1v) is 7.02. The highest BCUT2D eigenvalue weighted by Gasteiger charge is 2.17. The number of thiophene rings is 1. The van der Waals surface area contributed by atoms with Crippen molar-refractivity contribution in [3.8, 4) is 0 Å². The zero-order valence-electron chi connectivity index (χ0n) is 10.4. The van der Waals surface area contributed by atoms with E-state index in [2.05, 4.69) is 21.1 Å². The maximum Gasteiger partial charge on any atom is 0.264 e. The van der Waals surface area contributed by atoms with Gasteiger partial charge in [-0.2, -0.15) is 0 Å². The molecule has 0 aromatic carbocycles. The maximum atomic E-state index is 12.2. The van der Waals surface area contributed by atoms with E-state index < -0.39 is 0 Å². The quantitative estimate of drug-likeness (QED) is 0.867. The third-order valence-electron chi connectivity index (χ3n) is 2.71. The van der Waals surface area contributed by atoms with Gasteiger partial charge < -0.3 is 9.42 Å².